The molecule has 1 rings (SSSR count). The molecule has 1 aromatic rings. The standard InChI is InChI=1S/C13H17F2NO3/c1-13(16-2,12(17)18)6-3-7-19-9-4-5-10(14)11(15)8-9/h4-5,8,16H,3,6-7H2,1-2H3,(H,17,18). The summed E-state index contributed by atoms with van der Waals surface area (Å²) in [6.07, 6.45) is 0.838. The Morgan fingerprint density at radius 1 is 1.42 bits per heavy atom. The first-order valence-electron chi connectivity index (χ1n) is 5.89. The molecular weight excluding hydrogens is 256 g/mol. The predicted octanol–water partition coefficient (Wildman–Crippen LogP) is 2.19. The van der Waals surface area contributed by atoms with E-state index in [0.29, 0.717) is 12.8 Å². The van der Waals surface area contributed by atoms with Crippen LogP contribution in [0.4, 0.5) is 8.78 Å². The number of benzene rings is 1. The second-order valence-electron chi connectivity index (χ2n) is 4.42. The van der Waals surface area contributed by atoms with E-state index in [4.69, 9.17) is 9.84 Å². The maximum atomic E-state index is 12.9. The van der Waals surface area contributed by atoms with E-state index in [0.717, 1.165) is 12.1 Å². The molecule has 2 N–H and O–H groups in total. The van der Waals surface area contributed by atoms with Gasteiger partial charge in [0, 0.05) is 6.07 Å². The number of carbonyl (C=O) groups is 1. The highest BCUT2D eigenvalue weighted by atomic mass is 19.2. The van der Waals surface area contributed by atoms with Crippen LogP contribution in [0.3, 0.4) is 0 Å². The van der Waals surface area contributed by atoms with E-state index in [1.54, 1.807) is 14.0 Å². The molecule has 0 aliphatic rings. The minimum atomic E-state index is -1.02. The molecule has 0 aliphatic heterocycles. The van der Waals surface area contributed by atoms with E-state index in [1.807, 2.05) is 0 Å². The summed E-state index contributed by atoms with van der Waals surface area (Å²) in [6.45, 7) is 1.81. The Morgan fingerprint density at radius 3 is 2.63 bits per heavy atom. The fourth-order valence-electron chi connectivity index (χ4n) is 1.52. The minimum Gasteiger partial charge on any atom is -0.493 e. The third-order valence-electron chi connectivity index (χ3n) is 3.00. The molecule has 0 amide bonds. The number of likely N-dealkylation sites (N-methyl/N-ethyl adjacent to an activating group) is 1. The highest BCUT2D eigenvalue weighted by molar-refractivity contribution is 5.78. The summed E-state index contributed by atoms with van der Waals surface area (Å²) in [4.78, 5) is 11.0. The monoisotopic (exact) mass is 273 g/mol. The van der Waals surface area contributed by atoms with Crippen molar-refractivity contribution in [3.8, 4) is 5.75 Å². The van der Waals surface area contributed by atoms with Crippen LogP contribution in [0.25, 0.3) is 0 Å². The number of ether oxygens (including phenoxy) is 1. The van der Waals surface area contributed by atoms with Crippen molar-refractivity contribution in [2.24, 2.45) is 0 Å². The predicted molar refractivity (Wildman–Crippen MR) is 66.2 cm³/mol. The molecule has 19 heavy (non-hydrogen) atoms. The zero-order chi connectivity index (χ0) is 14.5. The molecule has 6 heteroatoms. The Bertz CT molecular complexity index is 454. The Balaban J connectivity index is 2.42. The molecule has 0 aliphatic carbocycles. The average molecular weight is 273 g/mol. The second-order valence-corrected chi connectivity index (χ2v) is 4.42. The molecule has 106 valence electrons. The molecule has 0 saturated heterocycles. The maximum Gasteiger partial charge on any atom is 0.323 e. The average Bonchev–Trinajstić information content (AvgIpc) is 2.38. The Labute approximate surface area is 110 Å². The number of carboxylic acids is 1. The van der Waals surface area contributed by atoms with Gasteiger partial charge in [-0.2, -0.15) is 0 Å². The SMILES string of the molecule is CNC(C)(CCCOc1ccc(F)c(F)c1)C(=O)O. The summed E-state index contributed by atoms with van der Waals surface area (Å²) in [5, 5.41) is 11.7. The van der Waals surface area contributed by atoms with Crippen molar-refractivity contribution in [3.63, 3.8) is 0 Å². The fourth-order valence-corrected chi connectivity index (χ4v) is 1.52. The van der Waals surface area contributed by atoms with Crippen molar-refractivity contribution in [1.29, 1.82) is 0 Å². The van der Waals surface area contributed by atoms with E-state index in [9.17, 15) is 13.6 Å². The van der Waals surface area contributed by atoms with Crippen molar-refractivity contribution < 1.29 is 23.4 Å². The third kappa shape index (κ3) is 4.17. The first-order chi connectivity index (χ1) is 8.89. The molecule has 0 spiro atoms. The van der Waals surface area contributed by atoms with Gasteiger partial charge >= 0.3 is 5.97 Å². The van der Waals surface area contributed by atoms with Crippen LogP contribution in [0, 0.1) is 11.6 Å². The van der Waals surface area contributed by atoms with Gasteiger partial charge in [0.1, 0.15) is 11.3 Å². The lowest BCUT2D eigenvalue weighted by Crippen LogP contribution is -2.47. The van der Waals surface area contributed by atoms with Gasteiger partial charge in [-0.25, -0.2) is 8.78 Å². The van der Waals surface area contributed by atoms with Crippen molar-refractivity contribution in [2.75, 3.05) is 13.7 Å². The second kappa shape index (κ2) is 6.47. The molecule has 0 radical (unpaired) electrons. The first-order valence-corrected chi connectivity index (χ1v) is 5.89. The van der Waals surface area contributed by atoms with E-state index >= 15 is 0 Å². The van der Waals surface area contributed by atoms with Gasteiger partial charge in [-0.1, -0.05) is 0 Å². The summed E-state index contributed by atoms with van der Waals surface area (Å²) >= 11 is 0. The van der Waals surface area contributed by atoms with E-state index in [1.165, 1.54) is 6.07 Å². The fraction of sp³-hybridized carbons (Fsp3) is 0.462. The van der Waals surface area contributed by atoms with Gasteiger partial charge < -0.3 is 15.2 Å². The molecule has 0 aromatic heterocycles. The molecule has 4 nitrogen and oxygen atoms in total. The number of halogens is 2. The first kappa shape index (κ1) is 15.4. The largest absolute Gasteiger partial charge is 0.493 e. The molecule has 0 saturated carbocycles. The quantitative estimate of drug-likeness (QED) is 0.748. The van der Waals surface area contributed by atoms with Gasteiger partial charge in [-0.05, 0) is 38.9 Å². The molecule has 0 heterocycles. The van der Waals surface area contributed by atoms with Gasteiger partial charge in [0.25, 0.3) is 0 Å². The maximum absolute atomic E-state index is 12.9. The minimum absolute atomic E-state index is 0.223. The normalized spacial score (nSPS) is 13.9. The van der Waals surface area contributed by atoms with Crippen LogP contribution in [0.1, 0.15) is 19.8 Å². The molecule has 0 bridgehead atoms. The van der Waals surface area contributed by atoms with Gasteiger partial charge in [0.15, 0.2) is 11.6 Å². The molecule has 1 atom stereocenters. The highest BCUT2D eigenvalue weighted by Crippen LogP contribution is 2.17. The number of aliphatic carboxylic acids is 1. The van der Waals surface area contributed by atoms with Crippen LogP contribution in [-0.2, 0) is 4.79 Å². The number of carboxylic acid groups (broad SMARTS) is 1. The summed E-state index contributed by atoms with van der Waals surface area (Å²) in [5.74, 6) is -2.62. The zero-order valence-corrected chi connectivity index (χ0v) is 10.9. The Hall–Kier alpha value is -1.69. The van der Waals surface area contributed by atoms with Crippen molar-refractivity contribution in [2.45, 2.75) is 25.3 Å². The van der Waals surface area contributed by atoms with Crippen LogP contribution in [0.5, 0.6) is 5.75 Å². The number of rotatable bonds is 7. The van der Waals surface area contributed by atoms with Crippen molar-refractivity contribution >= 4 is 5.97 Å². The Kier molecular flexibility index (Phi) is 5.23. The van der Waals surface area contributed by atoms with Gasteiger partial charge in [0.2, 0.25) is 0 Å². The molecule has 1 unspecified atom stereocenters. The number of hydrogen-bond donors (Lipinski definition) is 2. The summed E-state index contributed by atoms with van der Waals surface area (Å²) in [7, 11) is 1.57. The van der Waals surface area contributed by atoms with E-state index in [-0.39, 0.29) is 12.4 Å². The van der Waals surface area contributed by atoms with Gasteiger partial charge in [0.05, 0.1) is 6.61 Å². The van der Waals surface area contributed by atoms with Crippen molar-refractivity contribution in [1.82, 2.24) is 5.32 Å². The zero-order valence-electron chi connectivity index (χ0n) is 10.9. The van der Waals surface area contributed by atoms with Crippen LogP contribution < -0.4 is 10.1 Å². The van der Waals surface area contributed by atoms with Crippen LogP contribution in [0.2, 0.25) is 0 Å². The molecular formula is C13H17F2NO3. The molecule has 0 fully saturated rings. The highest BCUT2D eigenvalue weighted by Gasteiger charge is 2.30. The summed E-state index contributed by atoms with van der Waals surface area (Å²) in [6, 6.07) is 3.27. The lowest BCUT2D eigenvalue weighted by molar-refractivity contribution is -0.144. The lowest BCUT2D eigenvalue weighted by Gasteiger charge is -2.23. The lowest BCUT2D eigenvalue weighted by atomic mass is 9.96. The third-order valence-corrected chi connectivity index (χ3v) is 3.00. The van der Waals surface area contributed by atoms with Crippen LogP contribution >= 0.6 is 0 Å². The van der Waals surface area contributed by atoms with Gasteiger partial charge in [-0.3, -0.25) is 4.79 Å². The van der Waals surface area contributed by atoms with Gasteiger partial charge in [-0.15, -0.1) is 0 Å². The van der Waals surface area contributed by atoms with Crippen molar-refractivity contribution in [3.05, 3.63) is 29.8 Å². The van der Waals surface area contributed by atoms with Crippen LogP contribution in [0.15, 0.2) is 18.2 Å². The number of nitrogens with one attached hydrogen (secondary N) is 1. The number of hydrogen-bond acceptors (Lipinski definition) is 3. The molecule has 1 aromatic carbocycles. The topological polar surface area (TPSA) is 58.6 Å². The summed E-state index contributed by atoms with van der Waals surface area (Å²) < 4.78 is 30.8. The van der Waals surface area contributed by atoms with E-state index < -0.39 is 23.1 Å². The Morgan fingerprint density at radius 2 is 2.11 bits per heavy atom. The summed E-state index contributed by atoms with van der Waals surface area (Å²) in [5.41, 5.74) is -1.02. The smallest absolute Gasteiger partial charge is 0.323 e. The van der Waals surface area contributed by atoms with E-state index in [2.05, 4.69) is 5.32 Å². The van der Waals surface area contributed by atoms with Crippen LogP contribution in [-0.4, -0.2) is 30.3 Å².